The normalized spacial score (nSPS) is 13.2. The van der Waals surface area contributed by atoms with E-state index >= 15 is 0 Å². The number of rotatable bonds is 12. The standard InChI is InChI=1S/C25H32F2N4O2/c26-20(14-28)16-30-11-3-4-12-31(17-21(27)15-29)25(32)33-22-10-9-19-8-7-18-5-1-2-6-23(18)24(19)13-22/h1-2,5-10,13,20-21,30H,3-4,11-12,14-17,28-29H2. The van der Waals surface area contributed by atoms with Gasteiger partial charge in [0, 0.05) is 26.2 Å². The molecule has 0 saturated carbocycles. The Hall–Kier alpha value is -2.81. The minimum Gasteiger partial charge on any atom is -0.410 e. The number of amides is 1. The van der Waals surface area contributed by atoms with Crippen molar-refractivity contribution < 1.29 is 18.3 Å². The Kier molecular flexibility index (Phi) is 9.35. The molecule has 3 rings (SSSR count). The number of ether oxygens (including phenoxy) is 1. The van der Waals surface area contributed by atoms with Crippen LogP contribution in [0.4, 0.5) is 13.6 Å². The molecule has 178 valence electrons. The molecule has 0 aliphatic rings. The number of alkyl halides is 2. The van der Waals surface area contributed by atoms with Gasteiger partial charge in [0.1, 0.15) is 18.1 Å². The Morgan fingerprint density at radius 3 is 2.39 bits per heavy atom. The van der Waals surface area contributed by atoms with Crippen LogP contribution in [0, 0.1) is 0 Å². The zero-order valence-electron chi connectivity index (χ0n) is 18.7. The van der Waals surface area contributed by atoms with Crippen molar-refractivity contribution in [2.45, 2.75) is 25.2 Å². The third-order valence-corrected chi connectivity index (χ3v) is 5.51. The Balaban J connectivity index is 1.64. The molecule has 0 heterocycles. The Morgan fingerprint density at radius 2 is 1.64 bits per heavy atom. The van der Waals surface area contributed by atoms with Crippen molar-refractivity contribution in [1.29, 1.82) is 0 Å². The molecule has 0 aliphatic carbocycles. The zero-order chi connectivity index (χ0) is 23.6. The summed E-state index contributed by atoms with van der Waals surface area (Å²) in [6, 6.07) is 17.5. The molecule has 2 atom stereocenters. The number of carbonyl (C=O) groups excluding carboxylic acids is 1. The highest BCUT2D eigenvalue weighted by molar-refractivity contribution is 6.07. The smallest absolute Gasteiger partial charge is 0.410 e. The van der Waals surface area contributed by atoms with Crippen molar-refractivity contribution in [1.82, 2.24) is 10.2 Å². The summed E-state index contributed by atoms with van der Waals surface area (Å²) in [4.78, 5) is 14.2. The van der Waals surface area contributed by atoms with Crippen LogP contribution in [-0.2, 0) is 0 Å². The number of hydrogen-bond acceptors (Lipinski definition) is 5. The van der Waals surface area contributed by atoms with E-state index in [1.54, 1.807) is 6.07 Å². The number of fused-ring (bicyclic) bond motifs is 3. The molecule has 0 aliphatic heterocycles. The van der Waals surface area contributed by atoms with Crippen molar-refractivity contribution in [3.05, 3.63) is 54.6 Å². The van der Waals surface area contributed by atoms with Crippen LogP contribution in [0.5, 0.6) is 5.75 Å². The molecule has 0 fully saturated rings. The first-order valence-corrected chi connectivity index (χ1v) is 11.3. The van der Waals surface area contributed by atoms with Gasteiger partial charge >= 0.3 is 6.09 Å². The summed E-state index contributed by atoms with van der Waals surface area (Å²) in [6.07, 6.45) is -1.73. The highest BCUT2D eigenvalue weighted by Gasteiger charge is 2.20. The number of nitrogens with two attached hydrogens (primary N) is 2. The summed E-state index contributed by atoms with van der Waals surface area (Å²) in [6.45, 7) is 0.750. The molecule has 0 saturated heterocycles. The monoisotopic (exact) mass is 458 g/mol. The third kappa shape index (κ3) is 7.08. The van der Waals surface area contributed by atoms with Gasteiger partial charge in [-0.05, 0) is 53.1 Å². The van der Waals surface area contributed by atoms with Gasteiger partial charge in [0.15, 0.2) is 0 Å². The van der Waals surface area contributed by atoms with Gasteiger partial charge in [-0.15, -0.1) is 0 Å². The number of nitrogens with zero attached hydrogens (tertiary/aromatic N) is 1. The third-order valence-electron chi connectivity index (χ3n) is 5.51. The second kappa shape index (κ2) is 12.4. The lowest BCUT2D eigenvalue weighted by atomic mass is 10.0. The zero-order valence-corrected chi connectivity index (χ0v) is 18.7. The van der Waals surface area contributed by atoms with E-state index in [1.165, 1.54) is 4.90 Å². The van der Waals surface area contributed by atoms with E-state index in [9.17, 15) is 13.6 Å². The Labute approximate surface area is 192 Å². The van der Waals surface area contributed by atoms with Gasteiger partial charge in [-0.2, -0.15) is 0 Å². The number of benzene rings is 3. The Morgan fingerprint density at radius 1 is 0.939 bits per heavy atom. The summed E-state index contributed by atoms with van der Waals surface area (Å²) in [5, 5.41) is 7.15. The van der Waals surface area contributed by atoms with Crippen LogP contribution >= 0.6 is 0 Å². The van der Waals surface area contributed by atoms with Crippen LogP contribution in [0.1, 0.15) is 12.8 Å². The molecule has 2 unspecified atom stereocenters. The summed E-state index contributed by atoms with van der Waals surface area (Å²) in [5.74, 6) is 0.398. The first-order chi connectivity index (χ1) is 16.0. The van der Waals surface area contributed by atoms with Crippen molar-refractivity contribution in [3.8, 4) is 5.75 Å². The average Bonchev–Trinajstić information content (AvgIpc) is 2.84. The summed E-state index contributed by atoms with van der Waals surface area (Å²) < 4.78 is 32.7. The van der Waals surface area contributed by atoms with Gasteiger partial charge < -0.3 is 26.4 Å². The van der Waals surface area contributed by atoms with Crippen LogP contribution < -0.4 is 21.5 Å². The molecule has 3 aromatic carbocycles. The number of carbonyl (C=O) groups is 1. The van der Waals surface area contributed by atoms with E-state index in [4.69, 9.17) is 16.2 Å². The van der Waals surface area contributed by atoms with Crippen LogP contribution in [0.3, 0.4) is 0 Å². The maximum Gasteiger partial charge on any atom is 0.415 e. The second-order valence-electron chi connectivity index (χ2n) is 8.06. The minimum absolute atomic E-state index is 0.0197. The Bertz CT molecular complexity index is 1050. The summed E-state index contributed by atoms with van der Waals surface area (Å²) in [7, 11) is 0. The van der Waals surface area contributed by atoms with Gasteiger partial charge in [-0.25, -0.2) is 13.6 Å². The topological polar surface area (TPSA) is 93.6 Å². The van der Waals surface area contributed by atoms with Crippen LogP contribution in [-0.4, -0.2) is 62.6 Å². The molecule has 33 heavy (non-hydrogen) atoms. The fourth-order valence-electron chi connectivity index (χ4n) is 3.68. The van der Waals surface area contributed by atoms with Crippen molar-refractivity contribution in [2.24, 2.45) is 11.5 Å². The first-order valence-electron chi connectivity index (χ1n) is 11.3. The quantitative estimate of drug-likeness (QED) is 0.284. The SMILES string of the molecule is NCC(F)CNCCCCN(CC(F)CN)C(=O)Oc1ccc2ccc3ccccc3c2c1. The molecule has 0 bridgehead atoms. The van der Waals surface area contributed by atoms with Gasteiger partial charge in [-0.1, -0.05) is 42.5 Å². The molecule has 8 heteroatoms. The van der Waals surface area contributed by atoms with Crippen molar-refractivity contribution in [3.63, 3.8) is 0 Å². The summed E-state index contributed by atoms with van der Waals surface area (Å²) >= 11 is 0. The van der Waals surface area contributed by atoms with E-state index in [-0.39, 0.29) is 26.2 Å². The lowest BCUT2D eigenvalue weighted by Crippen LogP contribution is -2.41. The average molecular weight is 459 g/mol. The fraction of sp³-hybridized carbons (Fsp3) is 0.400. The molecule has 0 aromatic heterocycles. The number of unbranched alkanes of at least 4 members (excludes halogenated alkanes) is 1. The number of nitrogens with one attached hydrogen (secondary N) is 1. The lowest BCUT2D eigenvalue weighted by molar-refractivity contribution is 0.135. The number of halogens is 2. The minimum atomic E-state index is -1.34. The lowest BCUT2D eigenvalue weighted by Gasteiger charge is -2.23. The van der Waals surface area contributed by atoms with E-state index in [0.717, 1.165) is 21.5 Å². The number of hydrogen-bond donors (Lipinski definition) is 3. The van der Waals surface area contributed by atoms with Crippen molar-refractivity contribution >= 4 is 27.6 Å². The van der Waals surface area contributed by atoms with Crippen LogP contribution in [0.25, 0.3) is 21.5 Å². The van der Waals surface area contributed by atoms with Crippen molar-refractivity contribution in [2.75, 3.05) is 39.3 Å². The second-order valence-corrected chi connectivity index (χ2v) is 8.06. The molecule has 6 nitrogen and oxygen atoms in total. The van der Waals surface area contributed by atoms with E-state index in [2.05, 4.69) is 11.4 Å². The molecule has 0 radical (unpaired) electrons. The van der Waals surface area contributed by atoms with Gasteiger partial charge in [0.25, 0.3) is 0 Å². The van der Waals surface area contributed by atoms with E-state index in [0.29, 0.717) is 31.7 Å². The van der Waals surface area contributed by atoms with Crippen LogP contribution in [0.2, 0.25) is 0 Å². The fourth-order valence-corrected chi connectivity index (χ4v) is 3.68. The largest absolute Gasteiger partial charge is 0.415 e. The predicted octanol–water partition coefficient (Wildman–Crippen LogP) is 3.76. The van der Waals surface area contributed by atoms with E-state index in [1.807, 2.05) is 42.5 Å². The van der Waals surface area contributed by atoms with E-state index < -0.39 is 18.4 Å². The first kappa shape index (κ1) is 24.8. The molecule has 3 aromatic rings. The maximum atomic E-state index is 14.0. The predicted molar refractivity (Wildman–Crippen MR) is 129 cm³/mol. The molecule has 0 spiro atoms. The highest BCUT2D eigenvalue weighted by atomic mass is 19.1. The van der Waals surface area contributed by atoms with Gasteiger partial charge in [0.05, 0.1) is 6.54 Å². The summed E-state index contributed by atoms with van der Waals surface area (Å²) in [5.41, 5.74) is 10.7. The highest BCUT2D eigenvalue weighted by Crippen LogP contribution is 2.28. The molecular weight excluding hydrogens is 426 g/mol. The molecule has 1 amide bonds. The van der Waals surface area contributed by atoms with Crippen LogP contribution in [0.15, 0.2) is 54.6 Å². The van der Waals surface area contributed by atoms with Gasteiger partial charge in [0.2, 0.25) is 0 Å². The maximum absolute atomic E-state index is 14.0. The molecule has 5 N–H and O–H groups in total. The molecular formula is C25H32F2N4O2. The van der Waals surface area contributed by atoms with Gasteiger partial charge in [-0.3, -0.25) is 0 Å².